The van der Waals surface area contributed by atoms with Gasteiger partial charge in [-0.3, -0.25) is 4.79 Å². The van der Waals surface area contributed by atoms with Crippen molar-refractivity contribution in [1.82, 2.24) is 15.5 Å². The predicted octanol–water partition coefficient (Wildman–Crippen LogP) is 3.90. The smallest absolute Gasteiger partial charge is 0.262 e. The van der Waals surface area contributed by atoms with Gasteiger partial charge in [-0.15, -0.1) is 11.3 Å². The summed E-state index contributed by atoms with van der Waals surface area (Å²) in [6.07, 6.45) is 5.97. The summed E-state index contributed by atoms with van der Waals surface area (Å²) in [5, 5.41) is 7.28. The van der Waals surface area contributed by atoms with Crippen LogP contribution in [0, 0.1) is 13.8 Å². The highest BCUT2D eigenvalue weighted by Gasteiger charge is 2.41. The van der Waals surface area contributed by atoms with E-state index in [1.54, 1.807) is 18.3 Å². The van der Waals surface area contributed by atoms with Gasteiger partial charge in [-0.05, 0) is 37.8 Å². The number of carbonyl (C=O) groups excluding carboxylic acids is 1. The highest BCUT2D eigenvalue weighted by atomic mass is 32.1. The molecule has 2 heterocycles. The molecule has 6 heteroatoms. The van der Waals surface area contributed by atoms with E-state index >= 15 is 0 Å². The van der Waals surface area contributed by atoms with Crippen molar-refractivity contribution in [2.24, 2.45) is 0 Å². The Hall–Kier alpha value is -1.69. The van der Waals surface area contributed by atoms with Crippen LogP contribution in [0.3, 0.4) is 0 Å². The Morgan fingerprint density at radius 1 is 1.39 bits per heavy atom. The summed E-state index contributed by atoms with van der Waals surface area (Å²) >= 11 is 1.57. The quantitative estimate of drug-likeness (QED) is 0.901. The first-order valence-corrected chi connectivity index (χ1v) is 9.08. The summed E-state index contributed by atoms with van der Waals surface area (Å²) in [4.78, 5) is 19.1. The Labute approximate surface area is 140 Å². The third kappa shape index (κ3) is 3.17. The highest BCUT2D eigenvalue weighted by Crippen LogP contribution is 2.38. The Morgan fingerprint density at radius 3 is 2.74 bits per heavy atom. The molecule has 1 aliphatic carbocycles. The average molecular weight is 333 g/mol. The number of nitrogens with one attached hydrogen (secondary N) is 1. The summed E-state index contributed by atoms with van der Waals surface area (Å²) in [5.74, 6) is 1.13. The van der Waals surface area contributed by atoms with Crippen LogP contribution in [0.5, 0.6) is 0 Å². The minimum absolute atomic E-state index is 0.0233. The van der Waals surface area contributed by atoms with Crippen LogP contribution < -0.4 is 5.32 Å². The van der Waals surface area contributed by atoms with Crippen molar-refractivity contribution in [3.8, 4) is 0 Å². The van der Waals surface area contributed by atoms with Gasteiger partial charge in [0.15, 0.2) is 5.82 Å². The number of hydrogen-bond acceptors (Lipinski definition) is 5. The molecule has 1 aliphatic rings. The molecular weight excluding hydrogens is 310 g/mol. The molecule has 3 rings (SSSR count). The van der Waals surface area contributed by atoms with Crippen LogP contribution in [-0.2, 0) is 12.0 Å². The van der Waals surface area contributed by atoms with E-state index in [0.717, 1.165) is 43.4 Å². The maximum Gasteiger partial charge on any atom is 0.262 e. The van der Waals surface area contributed by atoms with Gasteiger partial charge in [-0.1, -0.05) is 31.3 Å². The van der Waals surface area contributed by atoms with Crippen molar-refractivity contribution in [1.29, 1.82) is 0 Å². The number of amides is 1. The first-order chi connectivity index (χ1) is 11.0. The van der Waals surface area contributed by atoms with E-state index in [-0.39, 0.29) is 5.91 Å². The molecule has 0 unspecified atom stereocenters. The molecule has 0 spiro atoms. The molecule has 1 N–H and O–H groups in total. The number of aryl methyl sites for hydroxylation is 3. The molecule has 0 bridgehead atoms. The van der Waals surface area contributed by atoms with Gasteiger partial charge in [0.05, 0.1) is 4.88 Å². The van der Waals surface area contributed by atoms with Crippen LogP contribution in [0.4, 0.5) is 0 Å². The lowest BCUT2D eigenvalue weighted by Gasteiger charge is -2.26. The molecule has 1 saturated carbocycles. The topological polar surface area (TPSA) is 68.0 Å². The molecule has 124 valence electrons. The van der Waals surface area contributed by atoms with Crippen LogP contribution in [0.1, 0.15) is 70.9 Å². The minimum atomic E-state index is -0.475. The monoisotopic (exact) mass is 333 g/mol. The molecule has 2 aromatic rings. The molecule has 0 atom stereocenters. The number of hydrogen-bond donors (Lipinski definition) is 1. The van der Waals surface area contributed by atoms with Gasteiger partial charge in [-0.2, -0.15) is 4.98 Å². The van der Waals surface area contributed by atoms with Crippen molar-refractivity contribution in [2.75, 3.05) is 0 Å². The molecule has 0 aliphatic heterocycles. The maximum absolute atomic E-state index is 12.8. The number of aromatic nitrogens is 2. The second-order valence-electron chi connectivity index (χ2n) is 6.32. The number of carbonyl (C=O) groups is 1. The van der Waals surface area contributed by atoms with Gasteiger partial charge in [0, 0.05) is 11.8 Å². The van der Waals surface area contributed by atoms with Gasteiger partial charge in [0.25, 0.3) is 5.91 Å². The van der Waals surface area contributed by atoms with Gasteiger partial charge in [0.2, 0.25) is 5.89 Å². The Bertz CT molecular complexity index is 699. The van der Waals surface area contributed by atoms with Crippen LogP contribution in [-0.4, -0.2) is 16.0 Å². The Balaban J connectivity index is 1.83. The highest BCUT2D eigenvalue weighted by molar-refractivity contribution is 7.14. The van der Waals surface area contributed by atoms with Crippen LogP contribution in [0.2, 0.25) is 0 Å². The summed E-state index contributed by atoms with van der Waals surface area (Å²) in [7, 11) is 0. The van der Waals surface area contributed by atoms with Crippen molar-refractivity contribution < 1.29 is 9.32 Å². The fraction of sp³-hybridized carbons (Fsp3) is 0.588. The zero-order valence-electron chi connectivity index (χ0n) is 13.9. The second-order valence-corrected chi connectivity index (χ2v) is 7.58. The summed E-state index contributed by atoms with van der Waals surface area (Å²) in [5.41, 5.74) is 0.802. The largest absolute Gasteiger partial charge is 0.340 e. The fourth-order valence-electron chi connectivity index (χ4n) is 3.30. The molecule has 0 radical (unpaired) electrons. The van der Waals surface area contributed by atoms with Gasteiger partial charge < -0.3 is 9.84 Å². The first kappa shape index (κ1) is 16.2. The third-order valence-electron chi connectivity index (χ3n) is 4.53. The lowest BCUT2D eigenvalue weighted by Crippen LogP contribution is -2.44. The summed E-state index contributed by atoms with van der Waals surface area (Å²) in [6, 6.07) is 2.03. The van der Waals surface area contributed by atoms with E-state index in [0.29, 0.717) is 11.7 Å². The minimum Gasteiger partial charge on any atom is -0.340 e. The van der Waals surface area contributed by atoms with Gasteiger partial charge >= 0.3 is 0 Å². The van der Waals surface area contributed by atoms with E-state index in [4.69, 9.17) is 4.52 Å². The normalized spacial score (nSPS) is 16.7. The SMILES string of the molecule is CCCc1cc(C(=O)NC2(c3noc(C)n3)CCCC2)sc1C. The molecule has 5 nitrogen and oxygen atoms in total. The van der Waals surface area contributed by atoms with Crippen LogP contribution in [0.25, 0.3) is 0 Å². The van der Waals surface area contributed by atoms with E-state index in [9.17, 15) is 4.79 Å². The van der Waals surface area contributed by atoms with Crippen molar-refractivity contribution in [3.63, 3.8) is 0 Å². The molecule has 2 aromatic heterocycles. The first-order valence-electron chi connectivity index (χ1n) is 8.27. The Kier molecular flexibility index (Phi) is 4.53. The van der Waals surface area contributed by atoms with Crippen LogP contribution in [0.15, 0.2) is 10.6 Å². The number of thiophene rings is 1. The molecule has 1 fully saturated rings. The predicted molar refractivity (Wildman–Crippen MR) is 89.7 cm³/mol. The third-order valence-corrected chi connectivity index (χ3v) is 5.62. The lowest BCUT2D eigenvalue weighted by atomic mass is 9.96. The molecule has 23 heavy (non-hydrogen) atoms. The summed E-state index contributed by atoms with van der Waals surface area (Å²) < 4.78 is 5.13. The van der Waals surface area contributed by atoms with Crippen LogP contribution >= 0.6 is 11.3 Å². The standard InChI is InChI=1S/C17H23N3O2S/c1-4-7-13-10-14(23-11(13)2)15(21)19-17(8-5-6-9-17)16-18-12(3)22-20-16/h10H,4-9H2,1-3H3,(H,19,21). The zero-order valence-corrected chi connectivity index (χ0v) is 14.8. The summed E-state index contributed by atoms with van der Waals surface area (Å²) in [6.45, 7) is 6.02. The molecular formula is C17H23N3O2S. The van der Waals surface area contributed by atoms with Gasteiger partial charge in [0.1, 0.15) is 5.54 Å². The van der Waals surface area contributed by atoms with E-state index < -0.39 is 5.54 Å². The van der Waals surface area contributed by atoms with E-state index in [1.807, 2.05) is 6.07 Å². The number of rotatable bonds is 5. The van der Waals surface area contributed by atoms with Crippen molar-refractivity contribution in [3.05, 3.63) is 33.1 Å². The molecule has 0 saturated heterocycles. The second kappa shape index (κ2) is 6.43. The average Bonchev–Trinajstić information content (AvgIpc) is 3.22. The Morgan fingerprint density at radius 2 is 2.13 bits per heavy atom. The van der Waals surface area contributed by atoms with E-state index in [2.05, 4.69) is 29.3 Å². The fourth-order valence-corrected chi connectivity index (χ4v) is 4.27. The zero-order chi connectivity index (χ0) is 16.4. The molecule has 1 amide bonds. The van der Waals surface area contributed by atoms with Crippen molar-refractivity contribution in [2.45, 2.75) is 64.8 Å². The molecule has 0 aromatic carbocycles. The van der Waals surface area contributed by atoms with E-state index in [1.165, 1.54) is 10.4 Å². The van der Waals surface area contributed by atoms with Gasteiger partial charge in [-0.25, -0.2) is 0 Å². The lowest BCUT2D eigenvalue weighted by molar-refractivity contribution is 0.0896. The van der Waals surface area contributed by atoms with Crippen molar-refractivity contribution >= 4 is 17.2 Å². The number of nitrogens with zero attached hydrogens (tertiary/aromatic N) is 2. The maximum atomic E-state index is 12.8.